The number of aromatic nitrogens is 1. The Morgan fingerprint density at radius 1 is 1.17 bits per heavy atom. The predicted molar refractivity (Wildman–Crippen MR) is 95.6 cm³/mol. The second-order valence-electron chi connectivity index (χ2n) is 6.15. The van der Waals surface area contributed by atoms with Crippen LogP contribution in [0.25, 0.3) is 10.9 Å². The number of aryl methyl sites for hydroxylation is 1. The summed E-state index contributed by atoms with van der Waals surface area (Å²) in [4.78, 5) is 14.8. The molecule has 4 rings (SSSR count). The summed E-state index contributed by atoms with van der Waals surface area (Å²) in [5.41, 5.74) is 3.38. The van der Waals surface area contributed by atoms with Gasteiger partial charge in [0.15, 0.2) is 0 Å². The minimum Gasteiger partial charge on any atom is -0.497 e. The Bertz CT molecular complexity index is 898. The van der Waals surface area contributed by atoms with E-state index in [1.807, 2.05) is 58.1 Å². The normalized spacial score (nSPS) is 13.8. The molecule has 0 N–H and O–H groups in total. The van der Waals surface area contributed by atoms with E-state index in [0.29, 0.717) is 6.54 Å². The van der Waals surface area contributed by atoms with Gasteiger partial charge in [0.05, 0.1) is 7.11 Å². The van der Waals surface area contributed by atoms with Crippen LogP contribution in [0.4, 0.5) is 5.69 Å². The highest BCUT2D eigenvalue weighted by Crippen LogP contribution is 2.27. The summed E-state index contributed by atoms with van der Waals surface area (Å²) in [6, 6.07) is 16.2. The van der Waals surface area contributed by atoms with E-state index in [2.05, 4.69) is 6.07 Å². The molecule has 122 valence electrons. The zero-order valence-electron chi connectivity index (χ0n) is 13.7. The molecule has 2 heterocycles. The number of nitrogens with zero attached hydrogens (tertiary/aromatic N) is 2. The monoisotopic (exact) mass is 320 g/mol. The summed E-state index contributed by atoms with van der Waals surface area (Å²) in [6.45, 7) is 1.15. The lowest BCUT2D eigenvalue weighted by molar-refractivity contribution is -0.119. The van der Waals surface area contributed by atoms with E-state index in [-0.39, 0.29) is 5.91 Å². The quantitative estimate of drug-likeness (QED) is 0.738. The van der Waals surface area contributed by atoms with E-state index < -0.39 is 0 Å². The number of fused-ring (bicyclic) bond motifs is 2. The summed E-state index contributed by atoms with van der Waals surface area (Å²) < 4.78 is 7.27. The topological polar surface area (TPSA) is 34.5 Å². The van der Waals surface area contributed by atoms with Gasteiger partial charge in [-0.1, -0.05) is 18.2 Å². The standard InChI is InChI=1S/C20H20N2O2/c1-24-17-8-9-18-16(13-17)10-12-21(18)14-20(23)22-11-4-6-15-5-2-3-7-19(15)22/h2-3,5,7-10,12-13H,4,6,11,14H2,1H3. The van der Waals surface area contributed by atoms with Crippen molar-refractivity contribution in [2.24, 2.45) is 0 Å². The van der Waals surface area contributed by atoms with E-state index in [1.165, 1.54) is 5.56 Å². The summed E-state index contributed by atoms with van der Waals surface area (Å²) in [5.74, 6) is 0.965. The van der Waals surface area contributed by atoms with Crippen LogP contribution < -0.4 is 9.64 Å². The Morgan fingerprint density at radius 3 is 2.92 bits per heavy atom. The Morgan fingerprint density at radius 2 is 2.04 bits per heavy atom. The van der Waals surface area contributed by atoms with Crippen LogP contribution in [0.2, 0.25) is 0 Å². The molecule has 0 bridgehead atoms. The van der Waals surface area contributed by atoms with Crippen molar-refractivity contribution in [1.82, 2.24) is 4.57 Å². The molecule has 0 fully saturated rings. The molecule has 1 aliphatic heterocycles. The van der Waals surface area contributed by atoms with Crippen molar-refractivity contribution in [2.75, 3.05) is 18.6 Å². The van der Waals surface area contributed by atoms with Gasteiger partial charge in [0.25, 0.3) is 0 Å². The predicted octanol–water partition coefficient (Wildman–Crippen LogP) is 3.63. The van der Waals surface area contributed by atoms with Crippen LogP contribution in [0.5, 0.6) is 5.75 Å². The molecule has 3 aromatic rings. The third-order valence-electron chi connectivity index (χ3n) is 4.70. The molecule has 1 aliphatic rings. The fraction of sp³-hybridized carbons (Fsp3) is 0.250. The number of hydrogen-bond acceptors (Lipinski definition) is 2. The van der Waals surface area contributed by atoms with Gasteiger partial charge in [-0.3, -0.25) is 4.79 Å². The Labute approximate surface area is 141 Å². The first-order valence-corrected chi connectivity index (χ1v) is 8.27. The number of benzene rings is 2. The summed E-state index contributed by atoms with van der Waals surface area (Å²) >= 11 is 0. The number of amides is 1. The summed E-state index contributed by atoms with van der Waals surface area (Å²) in [5, 5.41) is 1.08. The lowest BCUT2D eigenvalue weighted by Crippen LogP contribution is -2.37. The smallest absolute Gasteiger partial charge is 0.246 e. The molecule has 0 saturated carbocycles. The second-order valence-corrected chi connectivity index (χ2v) is 6.15. The molecular formula is C20H20N2O2. The number of hydrogen-bond donors (Lipinski definition) is 0. The largest absolute Gasteiger partial charge is 0.497 e. The number of ether oxygens (including phenoxy) is 1. The van der Waals surface area contributed by atoms with Gasteiger partial charge in [-0.2, -0.15) is 0 Å². The average Bonchev–Trinajstić information content (AvgIpc) is 3.03. The van der Waals surface area contributed by atoms with Gasteiger partial charge in [-0.25, -0.2) is 0 Å². The molecule has 0 radical (unpaired) electrons. The van der Waals surface area contributed by atoms with Gasteiger partial charge < -0.3 is 14.2 Å². The van der Waals surface area contributed by atoms with Crippen LogP contribution in [-0.2, 0) is 17.8 Å². The van der Waals surface area contributed by atoms with Crippen LogP contribution in [0.3, 0.4) is 0 Å². The van der Waals surface area contributed by atoms with E-state index in [9.17, 15) is 4.79 Å². The van der Waals surface area contributed by atoms with Crippen molar-refractivity contribution in [2.45, 2.75) is 19.4 Å². The molecule has 24 heavy (non-hydrogen) atoms. The third-order valence-corrected chi connectivity index (χ3v) is 4.70. The van der Waals surface area contributed by atoms with Gasteiger partial charge in [-0.15, -0.1) is 0 Å². The molecule has 1 aromatic heterocycles. The van der Waals surface area contributed by atoms with Crippen LogP contribution in [0.1, 0.15) is 12.0 Å². The molecule has 0 atom stereocenters. The lowest BCUT2D eigenvalue weighted by Gasteiger charge is -2.29. The van der Waals surface area contributed by atoms with Crippen LogP contribution in [0, 0.1) is 0 Å². The second kappa shape index (κ2) is 6.04. The van der Waals surface area contributed by atoms with Gasteiger partial charge >= 0.3 is 0 Å². The van der Waals surface area contributed by atoms with Crippen LogP contribution in [0.15, 0.2) is 54.7 Å². The lowest BCUT2D eigenvalue weighted by atomic mass is 10.0. The zero-order valence-corrected chi connectivity index (χ0v) is 13.7. The Balaban J connectivity index is 1.61. The Hall–Kier alpha value is -2.75. The highest BCUT2D eigenvalue weighted by atomic mass is 16.5. The average molecular weight is 320 g/mol. The molecule has 0 aliphatic carbocycles. The molecule has 0 unspecified atom stereocenters. The molecule has 1 amide bonds. The number of anilines is 1. The first-order valence-electron chi connectivity index (χ1n) is 8.27. The summed E-state index contributed by atoms with van der Waals surface area (Å²) in [6.07, 6.45) is 4.04. The van der Waals surface area contributed by atoms with Gasteiger partial charge in [0.2, 0.25) is 5.91 Å². The summed E-state index contributed by atoms with van der Waals surface area (Å²) in [7, 11) is 1.66. The van der Waals surface area contributed by atoms with Crippen molar-refractivity contribution >= 4 is 22.5 Å². The molecule has 0 saturated heterocycles. The molecular weight excluding hydrogens is 300 g/mol. The number of methoxy groups -OCH3 is 1. The van der Waals surface area contributed by atoms with Gasteiger partial charge in [0.1, 0.15) is 12.3 Å². The highest BCUT2D eigenvalue weighted by molar-refractivity contribution is 5.95. The highest BCUT2D eigenvalue weighted by Gasteiger charge is 2.22. The molecule has 4 heteroatoms. The fourth-order valence-corrected chi connectivity index (χ4v) is 3.47. The van der Waals surface area contributed by atoms with E-state index >= 15 is 0 Å². The van der Waals surface area contributed by atoms with Gasteiger partial charge in [0, 0.05) is 29.3 Å². The number of carbonyl (C=O) groups is 1. The van der Waals surface area contributed by atoms with Crippen molar-refractivity contribution in [1.29, 1.82) is 0 Å². The number of rotatable bonds is 3. The molecule has 0 spiro atoms. The number of carbonyl (C=O) groups excluding carboxylic acids is 1. The van der Waals surface area contributed by atoms with Crippen LogP contribution in [-0.4, -0.2) is 24.1 Å². The maximum atomic E-state index is 12.9. The van der Waals surface area contributed by atoms with E-state index in [0.717, 1.165) is 41.7 Å². The Kier molecular flexibility index (Phi) is 3.73. The minimum absolute atomic E-state index is 0.135. The van der Waals surface area contributed by atoms with E-state index in [4.69, 9.17) is 4.74 Å². The molecule has 4 nitrogen and oxygen atoms in total. The van der Waals surface area contributed by atoms with Crippen molar-refractivity contribution < 1.29 is 9.53 Å². The molecule has 2 aromatic carbocycles. The van der Waals surface area contributed by atoms with Crippen molar-refractivity contribution in [3.05, 3.63) is 60.3 Å². The zero-order chi connectivity index (χ0) is 16.5. The van der Waals surface area contributed by atoms with Crippen molar-refractivity contribution in [3.63, 3.8) is 0 Å². The minimum atomic E-state index is 0.135. The fourth-order valence-electron chi connectivity index (χ4n) is 3.47. The van der Waals surface area contributed by atoms with Crippen molar-refractivity contribution in [3.8, 4) is 5.75 Å². The van der Waals surface area contributed by atoms with Crippen LogP contribution >= 0.6 is 0 Å². The maximum Gasteiger partial charge on any atom is 0.246 e. The first-order chi connectivity index (χ1) is 11.8. The maximum absolute atomic E-state index is 12.9. The number of para-hydroxylation sites is 1. The SMILES string of the molecule is COc1ccc2c(ccn2CC(=O)N2CCCc3ccccc32)c1. The van der Waals surface area contributed by atoms with Gasteiger partial charge in [-0.05, 0) is 48.7 Å². The third kappa shape index (κ3) is 2.54. The first kappa shape index (κ1) is 14.8. The van der Waals surface area contributed by atoms with E-state index in [1.54, 1.807) is 7.11 Å².